The molecule has 3 rings (SSSR count). The van der Waals surface area contributed by atoms with E-state index in [4.69, 9.17) is 4.74 Å². The van der Waals surface area contributed by atoms with Gasteiger partial charge in [-0.3, -0.25) is 4.79 Å². The summed E-state index contributed by atoms with van der Waals surface area (Å²) < 4.78 is 5.58. The van der Waals surface area contributed by atoms with Crippen molar-refractivity contribution in [3.8, 4) is 0 Å². The number of carbonyl (C=O) groups is 1. The fraction of sp³-hybridized carbons (Fsp3) is 0.800. The predicted octanol–water partition coefficient (Wildman–Crippen LogP) is 2.15. The molecule has 1 aliphatic heterocycles. The maximum absolute atomic E-state index is 12.1. The van der Waals surface area contributed by atoms with Crippen LogP contribution in [0.25, 0.3) is 0 Å². The second-order valence-corrected chi connectivity index (χ2v) is 6.83. The van der Waals surface area contributed by atoms with E-state index < -0.39 is 6.10 Å². The second-order valence-electron chi connectivity index (χ2n) is 6.83. The minimum atomic E-state index is -0.444. The third-order valence-electron chi connectivity index (χ3n) is 5.64. The number of rotatable bonds is 1. The van der Waals surface area contributed by atoms with E-state index in [2.05, 4.69) is 27.4 Å². The summed E-state index contributed by atoms with van der Waals surface area (Å²) in [6.07, 6.45) is 1.08. The van der Waals surface area contributed by atoms with Gasteiger partial charge in [-0.15, -0.1) is 0 Å². The van der Waals surface area contributed by atoms with Crippen LogP contribution in [0.5, 0.6) is 0 Å². The van der Waals surface area contributed by atoms with Crippen molar-refractivity contribution in [1.82, 2.24) is 0 Å². The molecular weight excluding hydrogens is 228 g/mol. The van der Waals surface area contributed by atoms with Crippen LogP contribution in [0.2, 0.25) is 0 Å². The quantitative estimate of drug-likeness (QED) is 0.573. The monoisotopic (exact) mass is 250 g/mol. The van der Waals surface area contributed by atoms with Gasteiger partial charge in [0.05, 0.1) is 12.0 Å². The SMILES string of the molecule is C=C1[C@@H](O)C[C@H]2[C@H]3C(=O)O[C@@H](C[C@@]12C)[C@@H]3C(C)C. The van der Waals surface area contributed by atoms with Gasteiger partial charge in [-0.25, -0.2) is 0 Å². The Labute approximate surface area is 108 Å². The van der Waals surface area contributed by atoms with Crippen LogP contribution in [0, 0.1) is 29.1 Å². The minimum Gasteiger partial charge on any atom is -0.462 e. The van der Waals surface area contributed by atoms with Crippen LogP contribution in [0.15, 0.2) is 12.2 Å². The van der Waals surface area contributed by atoms with Crippen LogP contribution in [-0.2, 0) is 9.53 Å². The summed E-state index contributed by atoms with van der Waals surface area (Å²) in [5.74, 6) is 0.881. The lowest BCUT2D eigenvalue weighted by molar-refractivity contribution is -0.144. The first-order valence-corrected chi connectivity index (χ1v) is 6.94. The number of aliphatic hydroxyl groups excluding tert-OH is 1. The Morgan fingerprint density at radius 3 is 2.78 bits per heavy atom. The van der Waals surface area contributed by atoms with E-state index in [0.29, 0.717) is 18.3 Å². The van der Waals surface area contributed by atoms with Gasteiger partial charge < -0.3 is 9.84 Å². The van der Waals surface area contributed by atoms with Crippen molar-refractivity contribution in [3.05, 3.63) is 12.2 Å². The Balaban J connectivity index is 2.03. The third kappa shape index (κ3) is 1.31. The first-order chi connectivity index (χ1) is 8.36. The lowest BCUT2D eigenvalue weighted by Crippen LogP contribution is -2.44. The second kappa shape index (κ2) is 3.60. The lowest BCUT2D eigenvalue weighted by Gasteiger charge is -2.44. The molecule has 0 aromatic rings. The zero-order valence-electron chi connectivity index (χ0n) is 11.3. The summed E-state index contributed by atoms with van der Waals surface area (Å²) in [5.41, 5.74) is 0.787. The van der Waals surface area contributed by atoms with E-state index in [1.54, 1.807) is 0 Å². The molecule has 0 spiro atoms. The van der Waals surface area contributed by atoms with E-state index in [1.807, 2.05) is 0 Å². The average Bonchev–Trinajstić information content (AvgIpc) is 2.66. The lowest BCUT2D eigenvalue weighted by atomic mass is 9.58. The molecular formula is C15H22O3. The molecule has 100 valence electrons. The van der Waals surface area contributed by atoms with Gasteiger partial charge in [-0.1, -0.05) is 27.4 Å². The number of carbonyl (C=O) groups excluding carboxylic acids is 1. The summed E-state index contributed by atoms with van der Waals surface area (Å²) in [4.78, 5) is 12.1. The minimum absolute atomic E-state index is 0.0193. The van der Waals surface area contributed by atoms with Crippen molar-refractivity contribution < 1.29 is 14.6 Å². The summed E-state index contributed by atoms with van der Waals surface area (Å²) >= 11 is 0. The van der Waals surface area contributed by atoms with Gasteiger partial charge in [0.2, 0.25) is 0 Å². The smallest absolute Gasteiger partial charge is 0.309 e. The van der Waals surface area contributed by atoms with E-state index >= 15 is 0 Å². The van der Waals surface area contributed by atoms with E-state index in [-0.39, 0.29) is 29.3 Å². The number of fused-ring (bicyclic) bond motifs is 4. The maximum atomic E-state index is 12.1. The van der Waals surface area contributed by atoms with Crippen LogP contribution in [0.1, 0.15) is 33.6 Å². The van der Waals surface area contributed by atoms with Crippen LogP contribution < -0.4 is 0 Å². The van der Waals surface area contributed by atoms with Crippen molar-refractivity contribution in [2.75, 3.05) is 0 Å². The molecule has 1 heterocycles. The van der Waals surface area contributed by atoms with Crippen LogP contribution in [-0.4, -0.2) is 23.3 Å². The van der Waals surface area contributed by atoms with Gasteiger partial charge in [0, 0.05) is 5.92 Å². The highest BCUT2D eigenvalue weighted by Gasteiger charge is 2.64. The number of ether oxygens (including phenoxy) is 1. The van der Waals surface area contributed by atoms with Crippen LogP contribution in [0.4, 0.5) is 0 Å². The van der Waals surface area contributed by atoms with Gasteiger partial charge in [0.25, 0.3) is 0 Å². The first kappa shape index (κ1) is 12.2. The molecule has 6 atom stereocenters. The topological polar surface area (TPSA) is 46.5 Å². The van der Waals surface area contributed by atoms with Gasteiger partial charge in [-0.05, 0) is 35.7 Å². The molecule has 0 aromatic heterocycles. The molecule has 3 heteroatoms. The molecule has 0 unspecified atom stereocenters. The van der Waals surface area contributed by atoms with Crippen molar-refractivity contribution in [2.24, 2.45) is 29.1 Å². The number of hydrogen-bond donors (Lipinski definition) is 1. The molecule has 3 aliphatic rings. The molecule has 2 aliphatic carbocycles. The molecule has 0 radical (unpaired) electrons. The highest BCUT2D eigenvalue weighted by molar-refractivity contribution is 5.77. The zero-order valence-corrected chi connectivity index (χ0v) is 11.3. The molecule has 3 nitrogen and oxygen atoms in total. The molecule has 3 fully saturated rings. The summed E-state index contributed by atoms with van der Waals surface area (Å²) in [7, 11) is 0. The molecule has 0 amide bonds. The van der Waals surface area contributed by atoms with Crippen molar-refractivity contribution >= 4 is 5.97 Å². The maximum Gasteiger partial charge on any atom is 0.309 e. The van der Waals surface area contributed by atoms with Gasteiger partial charge >= 0.3 is 5.97 Å². The number of aliphatic hydroxyl groups is 1. The molecule has 1 saturated heterocycles. The van der Waals surface area contributed by atoms with Crippen molar-refractivity contribution in [2.45, 2.75) is 45.8 Å². The first-order valence-electron chi connectivity index (χ1n) is 6.94. The molecule has 0 aromatic carbocycles. The molecule has 1 N–H and O–H groups in total. The highest BCUT2D eigenvalue weighted by atomic mass is 16.6. The Hall–Kier alpha value is -0.830. The fourth-order valence-corrected chi connectivity index (χ4v) is 4.65. The third-order valence-corrected chi connectivity index (χ3v) is 5.64. The standard InChI is InChI=1S/C15H22O3/c1-7(2)12-11-6-15(4)8(3)10(16)5-9(15)13(12)14(17)18-11/h7,9-13,16H,3,5-6H2,1-2,4H3/t9-,10-,11-,12-,13+,15-/m0/s1. The zero-order chi connectivity index (χ0) is 13.2. The predicted molar refractivity (Wildman–Crippen MR) is 67.7 cm³/mol. The highest BCUT2D eigenvalue weighted by Crippen LogP contribution is 2.62. The fourth-order valence-electron chi connectivity index (χ4n) is 4.65. The van der Waals surface area contributed by atoms with Gasteiger partial charge in [-0.2, -0.15) is 0 Å². The Bertz CT molecular complexity index is 414. The van der Waals surface area contributed by atoms with Gasteiger partial charge in [0.1, 0.15) is 6.10 Å². The van der Waals surface area contributed by atoms with E-state index in [0.717, 1.165) is 12.0 Å². The summed E-state index contributed by atoms with van der Waals surface area (Å²) in [5, 5.41) is 10.1. The van der Waals surface area contributed by atoms with E-state index in [9.17, 15) is 9.90 Å². The van der Waals surface area contributed by atoms with Gasteiger partial charge in [0.15, 0.2) is 0 Å². The largest absolute Gasteiger partial charge is 0.462 e. The Morgan fingerprint density at radius 1 is 1.50 bits per heavy atom. The van der Waals surface area contributed by atoms with Crippen LogP contribution in [0.3, 0.4) is 0 Å². The normalized spacial score (nSPS) is 50.6. The summed E-state index contributed by atoms with van der Waals surface area (Å²) in [6.45, 7) is 10.5. The molecule has 18 heavy (non-hydrogen) atoms. The molecule has 2 saturated carbocycles. The summed E-state index contributed by atoms with van der Waals surface area (Å²) in [6, 6.07) is 0. The Morgan fingerprint density at radius 2 is 2.17 bits per heavy atom. The Kier molecular flexibility index (Phi) is 2.44. The number of hydrogen-bond acceptors (Lipinski definition) is 3. The van der Waals surface area contributed by atoms with Crippen molar-refractivity contribution in [3.63, 3.8) is 0 Å². The van der Waals surface area contributed by atoms with Crippen molar-refractivity contribution in [1.29, 1.82) is 0 Å². The number of esters is 1. The average molecular weight is 250 g/mol. The van der Waals surface area contributed by atoms with E-state index in [1.165, 1.54) is 0 Å². The van der Waals surface area contributed by atoms with Crippen LogP contribution >= 0.6 is 0 Å². The molecule has 2 bridgehead atoms.